The average molecular weight is 901 g/mol. The van der Waals surface area contributed by atoms with Crippen LogP contribution in [0.15, 0.2) is 78.4 Å². The number of allylic oxidation sites excluding steroid dienone is 2. The Labute approximate surface area is 381 Å². The summed E-state index contributed by atoms with van der Waals surface area (Å²) in [7, 11) is 1.89. The van der Waals surface area contributed by atoms with Crippen molar-refractivity contribution in [2.24, 2.45) is 18.9 Å². The second kappa shape index (κ2) is 18.3. The van der Waals surface area contributed by atoms with Crippen molar-refractivity contribution in [2.45, 2.75) is 77.5 Å². The third-order valence-electron chi connectivity index (χ3n) is 13.8. The minimum Gasteiger partial charge on any atom is -0.493 e. The Morgan fingerprint density at radius 3 is 2.51 bits per heavy atom. The van der Waals surface area contributed by atoms with Crippen molar-refractivity contribution in [1.82, 2.24) is 29.5 Å². The molecule has 5 heterocycles. The van der Waals surface area contributed by atoms with E-state index in [2.05, 4.69) is 17.4 Å². The predicted octanol–water partition coefficient (Wildman–Crippen LogP) is 6.95. The van der Waals surface area contributed by atoms with E-state index in [0.29, 0.717) is 56.1 Å². The van der Waals surface area contributed by atoms with Gasteiger partial charge < -0.3 is 28.9 Å². The summed E-state index contributed by atoms with van der Waals surface area (Å²) in [6.07, 6.45) is 8.52. The molecule has 0 spiro atoms. The number of benzene rings is 3. The number of imide groups is 1. The fourth-order valence-electron chi connectivity index (χ4n) is 10.4. The number of carboxylic acids is 1. The Balaban J connectivity index is 0.881. The van der Waals surface area contributed by atoms with Crippen LogP contribution in [0.2, 0.25) is 5.02 Å². The van der Waals surface area contributed by atoms with E-state index in [4.69, 9.17) is 26.2 Å². The summed E-state index contributed by atoms with van der Waals surface area (Å²) in [5, 5.41) is 21.5. The molecule has 14 nitrogen and oxygen atoms in total. The highest BCUT2D eigenvalue weighted by Gasteiger charge is 2.46. The van der Waals surface area contributed by atoms with Crippen LogP contribution in [-0.4, -0.2) is 104 Å². The summed E-state index contributed by atoms with van der Waals surface area (Å²) in [5.41, 5.74) is 5.70. The second-order valence-electron chi connectivity index (χ2n) is 17.6. The van der Waals surface area contributed by atoms with Crippen molar-refractivity contribution >= 4 is 62.9 Å². The largest absolute Gasteiger partial charge is 0.493 e. The average Bonchev–Trinajstić information content (AvgIpc) is 3.90. The first-order chi connectivity index (χ1) is 31.4. The summed E-state index contributed by atoms with van der Waals surface area (Å²) >= 11 is 7.08. The van der Waals surface area contributed by atoms with Crippen LogP contribution < -0.4 is 10.1 Å². The number of aromatic nitrogens is 3. The standard InChI is InChI=1S/C50H53ClN6O8/c1-29-44(30(2)54(3)53-29)45-38(51)17-16-35-34(13-8-26-64-40-14-6-10-32-9-4-5-11-33(32)40)47(50(62)63)56(46(35)45)25-22-31-20-23-55(24-21-31)43(59)28-65-41-15-7-12-36-37(41)27-57(49(36)61)39-18-19-42(58)52-48(39)60/h4-7,9-12,14-17,31,37,39,41H,8,13,18-28H2,1-3H3,(H,62,63)(H,52,58,60). The Bertz CT molecular complexity index is 2790. The molecule has 15 heteroatoms. The lowest BCUT2D eigenvalue weighted by Crippen LogP contribution is -2.53. The van der Waals surface area contributed by atoms with Gasteiger partial charge in [-0.3, -0.25) is 29.2 Å². The molecule has 0 saturated carbocycles. The van der Waals surface area contributed by atoms with E-state index in [1.165, 1.54) is 4.90 Å². The van der Waals surface area contributed by atoms with Gasteiger partial charge in [0.2, 0.25) is 17.7 Å². The molecule has 5 aromatic rings. The Morgan fingerprint density at radius 1 is 0.969 bits per heavy atom. The number of carbonyl (C=O) groups is 5. The van der Waals surface area contributed by atoms with Crippen LogP contribution in [0.3, 0.4) is 0 Å². The molecule has 0 radical (unpaired) electrons. The molecule has 3 aromatic carbocycles. The van der Waals surface area contributed by atoms with Gasteiger partial charge in [-0.25, -0.2) is 4.79 Å². The minimum absolute atomic E-state index is 0.139. The van der Waals surface area contributed by atoms with Crippen LogP contribution in [-0.2, 0) is 43.9 Å². The number of ether oxygens (including phenoxy) is 2. The minimum atomic E-state index is -1.01. The molecule has 3 fully saturated rings. The molecule has 4 amide bonds. The number of fused-ring (bicyclic) bond motifs is 3. The maximum Gasteiger partial charge on any atom is 0.352 e. The summed E-state index contributed by atoms with van der Waals surface area (Å²) in [5.74, 6) is -1.51. The number of hydrogen-bond donors (Lipinski definition) is 2. The third-order valence-corrected chi connectivity index (χ3v) is 14.1. The highest BCUT2D eigenvalue weighted by Crippen LogP contribution is 2.43. The Morgan fingerprint density at radius 2 is 1.75 bits per heavy atom. The van der Waals surface area contributed by atoms with E-state index in [9.17, 15) is 29.1 Å². The first-order valence-electron chi connectivity index (χ1n) is 22.5. The zero-order chi connectivity index (χ0) is 45.5. The number of hydrogen-bond acceptors (Lipinski definition) is 8. The van der Waals surface area contributed by atoms with Gasteiger partial charge in [0.05, 0.1) is 28.9 Å². The lowest BCUT2D eigenvalue weighted by atomic mass is 9.91. The number of nitrogens with zero attached hydrogens (tertiary/aromatic N) is 5. The van der Waals surface area contributed by atoms with Crippen molar-refractivity contribution in [2.75, 3.05) is 32.8 Å². The highest BCUT2D eigenvalue weighted by molar-refractivity contribution is 6.35. The number of rotatable bonds is 14. The van der Waals surface area contributed by atoms with Crippen molar-refractivity contribution in [3.05, 3.63) is 106 Å². The molecular formula is C50H53ClN6O8. The molecule has 2 aromatic heterocycles. The summed E-state index contributed by atoms with van der Waals surface area (Å²) in [6, 6.07) is 17.1. The van der Waals surface area contributed by atoms with Gasteiger partial charge in [0, 0.05) is 78.7 Å². The number of aromatic carboxylic acids is 1. The molecule has 338 valence electrons. The molecule has 9 rings (SSSR count). The van der Waals surface area contributed by atoms with Crippen LogP contribution >= 0.6 is 11.6 Å². The van der Waals surface area contributed by atoms with Crippen molar-refractivity contribution in [3.63, 3.8) is 0 Å². The van der Waals surface area contributed by atoms with Gasteiger partial charge in [-0.05, 0) is 81.4 Å². The third kappa shape index (κ3) is 8.45. The molecule has 2 N–H and O–H groups in total. The van der Waals surface area contributed by atoms with Crippen molar-refractivity contribution in [3.8, 4) is 16.9 Å². The molecular weight excluding hydrogens is 848 g/mol. The second-order valence-corrected chi connectivity index (χ2v) is 18.0. The van der Waals surface area contributed by atoms with Crippen molar-refractivity contribution < 1.29 is 38.6 Å². The number of carboxylic acid groups (broad SMARTS) is 1. The molecule has 65 heavy (non-hydrogen) atoms. The van der Waals surface area contributed by atoms with Crippen LogP contribution in [0, 0.1) is 25.7 Å². The molecule has 3 unspecified atom stereocenters. The number of aryl methyl sites for hydroxylation is 4. The smallest absolute Gasteiger partial charge is 0.352 e. The van der Waals surface area contributed by atoms with Crippen LogP contribution in [0.25, 0.3) is 32.8 Å². The topological polar surface area (TPSA) is 165 Å². The van der Waals surface area contributed by atoms with Crippen molar-refractivity contribution in [1.29, 1.82) is 0 Å². The summed E-state index contributed by atoms with van der Waals surface area (Å²) in [6.45, 7) is 5.98. The predicted molar refractivity (Wildman–Crippen MR) is 246 cm³/mol. The number of halogens is 1. The SMILES string of the molecule is Cc1nn(C)c(C)c1-c1c(Cl)ccc2c(CCCOc3cccc4ccccc34)c(C(=O)O)n(CCC3CCN(C(=O)COC4C=CC=C5C(=O)N(C6CCC(=O)NC6=O)CC54)CC3)c12. The lowest BCUT2D eigenvalue weighted by molar-refractivity contribution is -0.142. The molecule has 4 aliphatic rings. The van der Waals surface area contributed by atoms with E-state index < -0.39 is 24.0 Å². The van der Waals surface area contributed by atoms with E-state index in [-0.39, 0.29) is 61.2 Å². The van der Waals surface area contributed by atoms with Gasteiger partial charge in [0.1, 0.15) is 24.1 Å². The van der Waals surface area contributed by atoms with E-state index in [1.807, 2.05) is 83.6 Å². The number of likely N-dealkylation sites (tertiary alicyclic amines) is 2. The van der Waals surface area contributed by atoms with E-state index in [0.717, 1.165) is 68.3 Å². The van der Waals surface area contributed by atoms with Gasteiger partial charge in [0.15, 0.2) is 0 Å². The van der Waals surface area contributed by atoms with Crippen LogP contribution in [0.1, 0.15) is 66.0 Å². The van der Waals surface area contributed by atoms with Gasteiger partial charge in [-0.1, -0.05) is 72.3 Å². The van der Waals surface area contributed by atoms with E-state index >= 15 is 0 Å². The van der Waals surface area contributed by atoms with Gasteiger partial charge >= 0.3 is 5.97 Å². The lowest BCUT2D eigenvalue weighted by Gasteiger charge is -2.33. The first-order valence-corrected chi connectivity index (χ1v) is 22.9. The zero-order valence-electron chi connectivity index (χ0n) is 36.8. The number of piperidine rings is 2. The Hall–Kier alpha value is -6.25. The van der Waals surface area contributed by atoms with Crippen LogP contribution in [0.4, 0.5) is 0 Å². The monoisotopic (exact) mass is 900 g/mol. The maximum atomic E-state index is 13.5. The fourth-order valence-corrected chi connectivity index (χ4v) is 10.6. The normalized spacial score (nSPS) is 20.2. The maximum absolute atomic E-state index is 13.5. The highest BCUT2D eigenvalue weighted by atomic mass is 35.5. The van der Waals surface area contributed by atoms with Gasteiger partial charge in [-0.15, -0.1) is 0 Å². The Kier molecular flexibility index (Phi) is 12.4. The molecule has 3 atom stereocenters. The van der Waals surface area contributed by atoms with Gasteiger partial charge in [0.25, 0.3) is 5.91 Å². The fraction of sp³-hybridized carbons (Fsp3) is 0.400. The first kappa shape index (κ1) is 44.0. The molecule has 1 aliphatic carbocycles. The molecule has 0 bridgehead atoms. The number of carbonyl (C=O) groups excluding carboxylic acids is 4. The van der Waals surface area contributed by atoms with Gasteiger partial charge in [-0.2, -0.15) is 5.10 Å². The molecule has 3 aliphatic heterocycles. The zero-order valence-corrected chi connectivity index (χ0v) is 37.6. The summed E-state index contributed by atoms with van der Waals surface area (Å²) in [4.78, 5) is 67.9. The van der Waals surface area contributed by atoms with Crippen LogP contribution in [0.5, 0.6) is 5.75 Å². The summed E-state index contributed by atoms with van der Waals surface area (Å²) < 4.78 is 16.2. The van der Waals surface area contributed by atoms with E-state index in [1.54, 1.807) is 12.2 Å². The number of amides is 4. The molecule has 3 saturated heterocycles. The number of nitrogens with one attached hydrogen (secondary N) is 1. The quantitative estimate of drug-likeness (QED) is 0.0887.